The summed E-state index contributed by atoms with van der Waals surface area (Å²) in [6, 6.07) is 8.84. The minimum atomic E-state index is -0.228. The fraction of sp³-hybridized carbons (Fsp3) is 0.385. The Balaban J connectivity index is 2.59. The first-order valence-electron chi connectivity index (χ1n) is 5.77. The monoisotopic (exact) mass is 231 g/mol. The van der Waals surface area contributed by atoms with Crippen LogP contribution in [0.5, 0.6) is 0 Å². The van der Waals surface area contributed by atoms with Crippen molar-refractivity contribution < 1.29 is 4.79 Å². The molecule has 0 bridgehead atoms. The van der Waals surface area contributed by atoms with Gasteiger partial charge in [-0.05, 0) is 31.0 Å². The van der Waals surface area contributed by atoms with Gasteiger partial charge in [-0.3, -0.25) is 0 Å². The van der Waals surface area contributed by atoms with Crippen LogP contribution in [0, 0.1) is 11.3 Å². The Morgan fingerprint density at radius 1 is 1.41 bits per heavy atom. The van der Waals surface area contributed by atoms with Crippen molar-refractivity contribution in [3.63, 3.8) is 0 Å². The molecule has 2 amide bonds. The maximum Gasteiger partial charge on any atom is 0.319 e. The Bertz CT molecular complexity index is 419. The summed E-state index contributed by atoms with van der Waals surface area (Å²) in [5, 5.41) is 14.3. The number of nitrogens with one attached hydrogen (secondary N) is 2. The van der Waals surface area contributed by atoms with E-state index >= 15 is 0 Å². The zero-order chi connectivity index (χ0) is 12.7. The summed E-state index contributed by atoms with van der Waals surface area (Å²) in [6.07, 6.45) is 1.81. The minimum Gasteiger partial charge on any atom is -0.335 e. The van der Waals surface area contributed by atoms with Crippen molar-refractivity contribution in [2.45, 2.75) is 32.7 Å². The topological polar surface area (TPSA) is 64.9 Å². The molecule has 0 aliphatic heterocycles. The quantitative estimate of drug-likeness (QED) is 0.836. The third-order valence-corrected chi connectivity index (χ3v) is 2.57. The maximum absolute atomic E-state index is 11.6. The van der Waals surface area contributed by atoms with Gasteiger partial charge in [0.2, 0.25) is 0 Å². The molecule has 1 rings (SSSR count). The number of hydrogen-bond acceptors (Lipinski definition) is 2. The Labute approximate surface area is 102 Å². The standard InChI is InChI=1S/C13H17N3O/c1-3-11(4-2)15-13(17)16-12-7-5-6-10(8-12)9-14/h5-8,11H,3-4H2,1-2H3,(H2,15,16,17). The summed E-state index contributed by atoms with van der Waals surface area (Å²) in [5.41, 5.74) is 1.16. The van der Waals surface area contributed by atoms with Gasteiger partial charge in [-0.15, -0.1) is 0 Å². The molecule has 0 saturated heterocycles. The van der Waals surface area contributed by atoms with Crippen LogP contribution in [0.4, 0.5) is 10.5 Å². The Hall–Kier alpha value is -2.02. The van der Waals surface area contributed by atoms with Gasteiger partial charge in [0.1, 0.15) is 0 Å². The average Bonchev–Trinajstić information content (AvgIpc) is 2.36. The van der Waals surface area contributed by atoms with Crippen LogP contribution in [0.2, 0.25) is 0 Å². The van der Waals surface area contributed by atoms with Gasteiger partial charge in [-0.25, -0.2) is 4.79 Å². The van der Waals surface area contributed by atoms with Crippen LogP contribution >= 0.6 is 0 Å². The Morgan fingerprint density at radius 2 is 2.12 bits per heavy atom. The lowest BCUT2D eigenvalue weighted by molar-refractivity contribution is 0.247. The van der Waals surface area contributed by atoms with Gasteiger partial charge in [0.25, 0.3) is 0 Å². The highest BCUT2D eigenvalue weighted by atomic mass is 16.2. The van der Waals surface area contributed by atoms with E-state index in [0.29, 0.717) is 11.3 Å². The molecule has 0 radical (unpaired) electrons. The molecule has 0 saturated carbocycles. The van der Waals surface area contributed by atoms with Gasteiger partial charge in [0.15, 0.2) is 0 Å². The van der Waals surface area contributed by atoms with Crippen molar-refractivity contribution >= 4 is 11.7 Å². The van der Waals surface area contributed by atoms with Crippen LogP contribution in [0.25, 0.3) is 0 Å². The first kappa shape index (κ1) is 13.0. The fourth-order valence-electron chi connectivity index (χ4n) is 1.51. The highest BCUT2D eigenvalue weighted by Crippen LogP contribution is 2.09. The van der Waals surface area contributed by atoms with Crippen LogP contribution in [-0.4, -0.2) is 12.1 Å². The third kappa shape index (κ3) is 4.15. The summed E-state index contributed by atoms with van der Waals surface area (Å²) >= 11 is 0. The summed E-state index contributed by atoms with van der Waals surface area (Å²) in [7, 11) is 0. The first-order chi connectivity index (χ1) is 8.19. The number of carbonyl (C=O) groups is 1. The molecule has 4 heteroatoms. The van der Waals surface area contributed by atoms with E-state index in [1.54, 1.807) is 24.3 Å². The molecule has 0 fully saturated rings. The lowest BCUT2D eigenvalue weighted by Crippen LogP contribution is -2.37. The van der Waals surface area contributed by atoms with E-state index in [4.69, 9.17) is 5.26 Å². The molecule has 2 N–H and O–H groups in total. The number of nitriles is 1. The van der Waals surface area contributed by atoms with Gasteiger partial charge in [0.05, 0.1) is 11.6 Å². The normalized spacial score (nSPS) is 9.76. The molecule has 0 aliphatic rings. The summed E-state index contributed by atoms with van der Waals surface area (Å²) < 4.78 is 0. The molecular weight excluding hydrogens is 214 g/mol. The minimum absolute atomic E-state index is 0.189. The van der Waals surface area contributed by atoms with E-state index < -0.39 is 0 Å². The second kappa shape index (κ2) is 6.54. The van der Waals surface area contributed by atoms with Crippen LogP contribution in [-0.2, 0) is 0 Å². The number of rotatable bonds is 4. The molecule has 0 aromatic heterocycles. The van der Waals surface area contributed by atoms with Gasteiger partial charge in [-0.2, -0.15) is 5.26 Å². The van der Waals surface area contributed by atoms with E-state index in [0.717, 1.165) is 12.8 Å². The van der Waals surface area contributed by atoms with E-state index in [1.165, 1.54) is 0 Å². The third-order valence-electron chi connectivity index (χ3n) is 2.57. The predicted molar refractivity (Wildman–Crippen MR) is 67.7 cm³/mol. The molecule has 0 atom stereocenters. The van der Waals surface area contributed by atoms with E-state index in [-0.39, 0.29) is 12.1 Å². The van der Waals surface area contributed by atoms with Crippen molar-refractivity contribution in [2.24, 2.45) is 0 Å². The second-order valence-electron chi connectivity index (χ2n) is 3.80. The lowest BCUT2D eigenvalue weighted by atomic mass is 10.2. The molecule has 1 aromatic carbocycles. The number of urea groups is 1. The van der Waals surface area contributed by atoms with Gasteiger partial charge >= 0.3 is 6.03 Å². The molecule has 1 aromatic rings. The molecule has 17 heavy (non-hydrogen) atoms. The van der Waals surface area contributed by atoms with Crippen molar-refractivity contribution in [1.29, 1.82) is 5.26 Å². The molecule has 0 spiro atoms. The van der Waals surface area contributed by atoms with Crippen molar-refractivity contribution in [1.82, 2.24) is 5.32 Å². The smallest absolute Gasteiger partial charge is 0.319 e. The maximum atomic E-state index is 11.6. The van der Waals surface area contributed by atoms with Crippen molar-refractivity contribution in [2.75, 3.05) is 5.32 Å². The predicted octanol–water partition coefficient (Wildman–Crippen LogP) is 2.87. The number of benzene rings is 1. The van der Waals surface area contributed by atoms with Crippen LogP contribution < -0.4 is 10.6 Å². The molecule has 0 heterocycles. The van der Waals surface area contributed by atoms with Gasteiger partial charge in [-0.1, -0.05) is 19.9 Å². The first-order valence-corrected chi connectivity index (χ1v) is 5.77. The molecule has 4 nitrogen and oxygen atoms in total. The molecule has 90 valence electrons. The highest BCUT2D eigenvalue weighted by Gasteiger charge is 2.08. The molecule has 0 aliphatic carbocycles. The van der Waals surface area contributed by atoms with E-state index in [2.05, 4.69) is 10.6 Å². The van der Waals surface area contributed by atoms with Crippen LogP contribution in [0.15, 0.2) is 24.3 Å². The molecule has 0 unspecified atom stereocenters. The van der Waals surface area contributed by atoms with Crippen molar-refractivity contribution in [3.05, 3.63) is 29.8 Å². The Morgan fingerprint density at radius 3 is 2.71 bits per heavy atom. The SMILES string of the molecule is CCC(CC)NC(=O)Nc1cccc(C#N)c1. The van der Waals surface area contributed by atoms with E-state index in [9.17, 15) is 4.79 Å². The Kier molecular flexibility index (Phi) is 5.02. The lowest BCUT2D eigenvalue weighted by Gasteiger charge is -2.15. The fourth-order valence-corrected chi connectivity index (χ4v) is 1.51. The molecular formula is C13H17N3O. The number of carbonyl (C=O) groups excluding carboxylic acids is 1. The van der Waals surface area contributed by atoms with Crippen molar-refractivity contribution in [3.8, 4) is 6.07 Å². The summed E-state index contributed by atoms with van der Waals surface area (Å²) in [5.74, 6) is 0. The van der Waals surface area contributed by atoms with Gasteiger partial charge in [0, 0.05) is 11.7 Å². The zero-order valence-electron chi connectivity index (χ0n) is 10.2. The second-order valence-corrected chi connectivity index (χ2v) is 3.80. The highest BCUT2D eigenvalue weighted by molar-refractivity contribution is 5.89. The van der Waals surface area contributed by atoms with Crippen LogP contribution in [0.1, 0.15) is 32.3 Å². The number of amides is 2. The summed E-state index contributed by atoms with van der Waals surface area (Å²) in [6.45, 7) is 4.06. The van der Waals surface area contributed by atoms with Crippen LogP contribution in [0.3, 0.4) is 0 Å². The number of anilines is 1. The summed E-state index contributed by atoms with van der Waals surface area (Å²) in [4.78, 5) is 11.6. The zero-order valence-corrected chi connectivity index (χ0v) is 10.2. The van der Waals surface area contributed by atoms with E-state index in [1.807, 2.05) is 19.9 Å². The average molecular weight is 231 g/mol. The van der Waals surface area contributed by atoms with Gasteiger partial charge < -0.3 is 10.6 Å². The largest absolute Gasteiger partial charge is 0.335 e. The number of hydrogen-bond donors (Lipinski definition) is 2. The number of nitrogens with zero attached hydrogens (tertiary/aromatic N) is 1.